The average molecular weight is 600 g/mol. The Balaban J connectivity index is 1.18. The average Bonchev–Trinajstić information content (AvgIpc) is 3.45. The number of anilines is 2. The van der Waals surface area contributed by atoms with Gasteiger partial charge in [-0.15, -0.1) is 0 Å². The lowest BCUT2D eigenvalue weighted by Gasteiger charge is -2.35. The van der Waals surface area contributed by atoms with Crippen LogP contribution in [-0.4, -0.2) is 76.9 Å². The molecule has 0 bridgehead atoms. The van der Waals surface area contributed by atoms with Crippen molar-refractivity contribution in [1.29, 1.82) is 0 Å². The lowest BCUT2D eigenvalue weighted by molar-refractivity contribution is -0.141. The van der Waals surface area contributed by atoms with Gasteiger partial charge in [-0.05, 0) is 48.1 Å². The Hall–Kier alpha value is -4.42. The highest BCUT2D eigenvalue weighted by Gasteiger charge is 2.42. The second-order valence-electron chi connectivity index (χ2n) is 11.0. The fraction of sp³-hybridized carbons (Fsp3) is 0.433. The standard InChI is InChI=1S/C30H32F3N5O5/c1-19-4-3-9-38(18-19)29-35-27(30(31,32)33)26(43-29)23(39)15-21-7-8-24(34-17-21)36-10-12-37(13-11-36)25(40)16-20-5-2-6-22(14-20)28(41)42/h2,5-8,14,17,19H,3-4,9-13,15-16,18H2,1H3,(H,41,42). The second-order valence-corrected chi connectivity index (χ2v) is 11.0. The van der Waals surface area contributed by atoms with Gasteiger partial charge in [0.05, 0.1) is 12.0 Å². The fourth-order valence-corrected chi connectivity index (χ4v) is 5.45. The van der Waals surface area contributed by atoms with E-state index in [4.69, 9.17) is 9.52 Å². The van der Waals surface area contributed by atoms with Crippen LogP contribution in [0.15, 0.2) is 47.0 Å². The Bertz CT molecular complexity index is 1480. The number of halogens is 3. The maximum Gasteiger partial charge on any atom is 0.437 e. The van der Waals surface area contributed by atoms with E-state index in [0.717, 1.165) is 12.8 Å². The molecule has 10 nitrogen and oxygen atoms in total. The van der Waals surface area contributed by atoms with E-state index in [2.05, 4.69) is 9.97 Å². The van der Waals surface area contributed by atoms with Crippen LogP contribution in [0, 0.1) is 5.92 Å². The molecule has 2 aliphatic rings. The minimum Gasteiger partial charge on any atom is -0.478 e. The number of carboxylic acids is 1. The van der Waals surface area contributed by atoms with Gasteiger partial charge < -0.3 is 24.2 Å². The van der Waals surface area contributed by atoms with Gasteiger partial charge in [-0.2, -0.15) is 18.2 Å². The van der Waals surface area contributed by atoms with Crippen molar-refractivity contribution in [2.24, 2.45) is 5.92 Å². The third kappa shape index (κ3) is 7.15. The maximum atomic E-state index is 13.7. The number of piperidine rings is 1. The SMILES string of the molecule is CC1CCCN(c2nc(C(F)(F)F)c(C(=O)Cc3ccc(N4CCN(C(=O)Cc5cccc(C(=O)O)c5)CC4)nc3)o2)C1. The lowest BCUT2D eigenvalue weighted by atomic mass is 10.0. The van der Waals surface area contributed by atoms with E-state index in [0.29, 0.717) is 56.2 Å². The van der Waals surface area contributed by atoms with Crippen LogP contribution in [0.3, 0.4) is 0 Å². The van der Waals surface area contributed by atoms with Gasteiger partial charge in [0, 0.05) is 51.9 Å². The maximum absolute atomic E-state index is 13.7. The predicted octanol–water partition coefficient (Wildman–Crippen LogP) is 4.34. The number of benzene rings is 1. The van der Waals surface area contributed by atoms with Crippen LogP contribution in [0.2, 0.25) is 0 Å². The number of nitrogens with zero attached hydrogens (tertiary/aromatic N) is 5. The topological polar surface area (TPSA) is 120 Å². The van der Waals surface area contributed by atoms with Crippen molar-refractivity contribution < 1.29 is 37.1 Å². The zero-order chi connectivity index (χ0) is 30.7. The number of oxazole rings is 1. The van der Waals surface area contributed by atoms with Crippen molar-refractivity contribution in [3.05, 3.63) is 70.7 Å². The third-order valence-corrected chi connectivity index (χ3v) is 7.72. The minimum atomic E-state index is -4.83. The molecule has 4 heterocycles. The molecule has 2 fully saturated rings. The number of carboxylic acid groups (broad SMARTS) is 1. The molecule has 13 heteroatoms. The smallest absolute Gasteiger partial charge is 0.437 e. The Labute approximate surface area is 246 Å². The Morgan fingerprint density at radius 3 is 2.42 bits per heavy atom. The molecule has 5 rings (SSSR count). The van der Waals surface area contributed by atoms with E-state index >= 15 is 0 Å². The molecule has 0 spiro atoms. The summed E-state index contributed by atoms with van der Waals surface area (Å²) in [5.41, 5.74) is -0.116. The summed E-state index contributed by atoms with van der Waals surface area (Å²) in [7, 11) is 0. The monoisotopic (exact) mass is 599 g/mol. The largest absolute Gasteiger partial charge is 0.478 e. The number of amides is 1. The normalized spacial score (nSPS) is 17.7. The van der Waals surface area contributed by atoms with Crippen LogP contribution in [0.1, 0.15) is 57.5 Å². The van der Waals surface area contributed by atoms with E-state index < -0.39 is 29.4 Å². The molecule has 2 aromatic heterocycles. The van der Waals surface area contributed by atoms with Crippen LogP contribution in [0.5, 0.6) is 0 Å². The molecule has 43 heavy (non-hydrogen) atoms. The molecule has 1 aromatic carbocycles. The molecule has 1 atom stereocenters. The predicted molar refractivity (Wildman–Crippen MR) is 150 cm³/mol. The first-order chi connectivity index (χ1) is 20.5. The summed E-state index contributed by atoms with van der Waals surface area (Å²) >= 11 is 0. The molecule has 228 valence electrons. The number of pyridine rings is 1. The molecule has 0 radical (unpaired) electrons. The molecule has 0 saturated carbocycles. The number of hydrogen-bond acceptors (Lipinski definition) is 8. The van der Waals surface area contributed by atoms with Crippen LogP contribution in [0.4, 0.5) is 25.0 Å². The first-order valence-corrected chi connectivity index (χ1v) is 14.1. The summed E-state index contributed by atoms with van der Waals surface area (Å²) in [4.78, 5) is 50.3. The zero-order valence-corrected chi connectivity index (χ0v) is 23.6. The number of hydrogen-bond donors (Lipinski definition) is 1. The summed E-state index contributed by atoms with van der Waals surface area (Å²) in [5, 5.41) is 9.16. The van der Waals surface area contributed by atoms with Gasteiger partial charge in [-0.25, -0.2) is 9.78 Å². The summed E-state index contributed by atoms with van der Waals surface area (Å²) in [5.74, 6) is -1.87. The quantitative estimate of drug-likeness (QED) is 0.377. The fourth-order valence-electron chi connectivity index (χ4n) is 5.45. The number of piperazine rings is 1. The number of carbonyl (C=O) groups is 3. The second kappa shape index (κ2) is 12.4. The zero-order valence-electron chi connectivity index (χ0n) is 23.6. The van der Waals surface area contributed by atoms with Crippen molar-refractivity contribution in [3.8, 4) is 0 Å². The summed E-state index contributed by atoms with van der Waals surface area (Å²) in [6.07, 6.45) is -1.83. The number of ketones is 1. The van der Waals surface area contributed by atoms with Crippen LogP contribution in [-0.2, 0) is 23.8 Å². The molecule has 1 unspecified atom stereocenters. The van der Waals surface area contributed by atoms with Gasteiger partial charge in [0.1, 0.15) is 5.82 Å². The van der Waals surface area contributed by atoms with Crippen molar-refractivity contribution >= 4 is 29.5 Å². The van der Waals surface area contributed by atoms with Crippen molar-refractivity contribution in [1.82, 2.24) is 14.9 Å². The van der Waals surface area contributed by atoms with Crippen LogP contribution < -0.4 is 9.80 Å². The number of Topliss-reactive ketones (excluding diaryl/α,β-unsaturated/α-hetero) is 1. The first kappa shape index (κ1) is 30.1. The highest BCUT2D eigenvalue weighted by Crippen LogP contribution is 2.35. The third-order valence-electron chi connectivity index (χ3n) is 7.72. The van der Waals surface area contributed by atoms with E-state index in [1.165, 1.54) is 18.3 Å². The van der Waals surface area contributed by atoms with Crippen LogP contribution >= 0.6 is 0 Å². The van der Waals surface area contributed by atoms with Crippen molar-refractivity contribution in [2.75, 3.05) is 49.1 Å². The number of rotatable bonds is 8. The van der Waals surface area contributed by atoms with E-state index in [-0.39, 0.29) is 36.2 Å². The Morgan fingerprint density at radius 2 is 1.77 bits per heavy atom. The number of aromatic carboxylic acids is 1. The molecule has 0 aliphatic carbocycles. The molecule has 3 aromatic rings. The highest BCUT2D eigenvalue weighted by molar-refractivity contribution is 5.96. The van der Waals surface area contributed by atoms with Gasteiger partial charge in [-0.1, -0.05) is 25.1 Å². The van der Waals surface area contributed by atoms with E-state index in [9.17, 15) is 27.6 Å². The lowest BCUT2D eigenvalue weighted by Crippen LogP contribution is -2.49. The molecule has 2 aliphatic heterocycles. The molecular formula is C30H32F3N5O5. The molecule has 1 N–H and O–H groups in total. The summed E-state index contributed by atoms with van der Waals surface area (Å²) in [6, 6.07) is 9.46. The number of aromatic nitrogens is 2. The van der Waals surface area contributed by atoms with Gasteiger partial charge in [0.2, 0.25) is 17.5 Å². The van der Waals surface area contributed by atoms with Gasteiger partial charge in [-0.3, -0.25) is 9.59 Å². The van der Waals surface area contributed by atoms with Gasteiger partial charge in [0.15, 0.2) is 5.69 Å². The van der Waals surface area contributed by atoms with E-state index in [1.807, 2.05) is 11.8 Å². The molecular weight excluding hydrogens is 567 g/mol. The first-order valence-electron chi connectivity index (χ1n) is 14.1. The molecule has 1 amide bonds. The molecule has 2 saturated heterocycles. The van der Waals surface area contributed by atoms with Crippen LogP contribution in [0.25, 0.3) is 0 Å². The minimum absolute atomic E-state index is 0.0992. The number of alkyl halides is 3. The summed E-state index contributed by atoms with van der Waals surface area (Å²) in [6.45, 7) is 4.96. The Morgan fingerprint density at radius 1 is 1.00 bits per heavy atom. The highest BCUT2D eigenvalue weighted by atomic mass is 19.4. The Kier molecular flexibility index (Phi) is 8.69. The van der Waals surface area contributed by atoms with Crippen molar-refractivity contribution in [3.63, 3.8) is 0 Å². The number of carbonyl (C=O) groups excluding carboxylic acids is 2. The van der Waals surface area contributed by atoms with Gasteiger partial charge in [0.25, 0.3) is 6.01 Å². The van der Waals surface area contributed by atoms with Gasteiger partial charge >= 0.3 is 12.1 Å². The summed E-state index contributed by atoms with van der Waals surface area (Å²) < 4.78 is 46.6. The van der Waals surface area contributed by atoms with E-state index in [1.54, 1.807) is 34.1 Å². The van der Waals surface area contributed by atoms with Crippen molar-refractivity contribution in [2.45, 2.75) is 38.8 Å².